The van der Waals surface area contributed by atoms with Crippen LogP contribution in [0.25, 0.3) is 0 Å². The van der Waals surface area contributed by atoms with Gasteiger partial charge >= 0.3 is 5.97 Å². The highest BCUT2D eigenvalue weighted by molar-refractivity contribution is 5.83. The number of carbonyl (C=O) groups is 2. The van der Waals surface area contributed by atoms with Crippen LogP contribution in [-0.2, 0) is 9.59 Å². The van der Waals surface area contributed by atoms with Gasteiger partial charge in [-0.2, -0.15) is 0 Å². The first-order valence-corrected chi connectivity index (χ1v) is 5.74. The summed E-state index contributed by atoms with van der Waals surface area (Å²) in [5.74, 6) is -0.951. The molecule has 5 heteroatoms. The molecule has 1 rings (SSSR count). The van der Waals surface area contributed by atoms with Gasteiger partial charge < -0.3 is 15.7 Å². The fourth-order valence-corrected chi connectivity index (χ4v) is 1.67. The lowest BCUT2D eigenvalue weighted by atomic mass is 9.87. The van der Waals surface area contributed by atoms with Gasteiger partial charge in [0.05, 0.1) is 11.5 Å². The van der Waals surface area contributed by atoms with Gasteiger partial charge in [0.1, 0.15) is 0 Å². The number of hydrogen-bond acceptors (Lipinski definition) is 3. The van der Waals surface area contributed by atoms with Crippen molar-refractivity contribution in [2.75, 3.05) is 13.1 Å². The summed E-state index contributed by atoms with van der Waals surface area (Å²) in [6, 6.07) is -0.144. The third kappa shape index (κ3) is 2.95. The molecule has 0 aromatic rings. The van der Waals surface area contributed by atoms with Gasteiger partial charge in [-0.3, -0.25) is 9.59 Å². The van der Waals surface area contributed by atoms with Crippen molar-refractivity contribution in [3.05, 3.63) is 0 Å². The Hall–Kier alpha value is -1.10. The first kappa shape index (κ1) is 13.0. The lowest BCUT2D eigenvalue weighted by molar-refractivity contribution is -0.148. The molecule has 1 heterocycles. The van der Waals surface area contributed by atoms with Gasteiger partial charge in [0.25, 0.3) is 0 Å². The first-order chi connectivity index (χ1) is 7.49. The van der Waals surface area contributed by atoms with E-state index in [1.807, 2.05) is 6.92 Å². The van der Waals surface area contributed by atoms with E-state index < -0.39 is 11.4 Å². The summed E-state index contributed by atoms with van der Waals surface area (Å²) in [4.78, 5) is 22.7. The highest BCUT2D eigenvalue weighted by atomic mass is 16.4. The van der Waals surface area contributed by atoms with E-state index in [2.05, 4.69) is 10.6 Å². The summed E-state index contributed by atoms with van der Waals surface area (Å²) in [6.07, 6.45) is 2.34. The number of carboxylic acid groups (broad SMARTS) is 1. The van der Waals surface area contributed by atoms with Gasteiger partial charge in [0.2, 0.25) is 5.91 Å². The minimum absolute atomic E-state index is 0.0848. The molecular weight excluding hydrogens is 208 g/mol. The molecule has 16 heavy (non-hydrogen) atoms. The molecule has 1 aliphatic rings. The lowest BCUT2D eigenvalue weighted by Gasteiger charge is -2.24. The van der Waals surface area contributed by atoms with Gasteiger partial charge in [-0.15, -0.1) is 0 Å². The second-order valence-corrected chi connectivity index (χ2v) is 4.59. The van der Waals surface area contributed by atoms with Crippen LogP contribution >= 0.6 is 0 Å². The monoisotopic (exact) mass is 228 g/mol. The van der Waals surface area contributed by atoms with Gasteiger partial charge in [0.15, 0.2) is 0 Å². The number of aliphatic carboxylic acids is 1. The fourth-order valence-electron chi connectivity index (χ4n) is 1.67. The van der Waals surface area contributed by atoms with Crippen LogP contribution in [0.4, 0.5) is 0 Å². The van der Waals surface area contributed by atoms with Gasteiger partial charge in [-0.05, 0) is 32.7 Å². The zero-order valence-corrected chi connectivity index (χ0v) is 9.88. The van der Waals surface area contributed by atoms with Crippen molar-refractivity contribution in [2.45, 2.75) is 39.2 Å². The van der Waals surface area contributed by atoms with Crippen molar-refractivity contribution in [1.82, 2.24) is 10.6 Å². The molecule has 0 bridgehead atoms. The highest BCUT2D eigenvalue weighted by Gasteiger charge is 2.32. The van der Waals surface area contributed by atoms with Crippen molar-refractivity contribution >= 4 is 11.9 Å². The van der Waals surface area contributed by atoms with E-state index in [-0.39, 0.29) is 18.5 Å². The fraction of sp³-hybridized carbons (Fsp3) is 0.818. The molecule has 0 saturated carbocycles. The standard InChI is InChI=1S/C11H20N2O3/c1-3-11(2,10(15)16)7-13-9(14)8-5-4-6-12-8/h8,12H,3-7H2,1-2H3,(H,13,14)(H,15,16). The number of carboxylic acids is 1. The number of hydrogen-bond donors (Lipinski definition) is 3. The molecule has 0 radical (unpaired) electrons. The molecule has 0 spiro atoms. The minimum Gasteiger partial charge on any atom is -0.481 e. The maximum atomic E-state index is 11.7. The molecule has 1 amide bonds. The van der Waals surface area contributed by atoms with E-state index >= 15 is 0 Å². The van der Waals surface area contributed by atoms with Crippen molar-refractivity contribution in [1.29, 1.82) is 0 Å². The van der Waals surface area contributed by atoms with E-state index in [4.69, 9.17) is 5.11 Å². The molecule has 1 fully saturated rings. The third-order valence-electron chi connectivity index (χ3n) is 3.33. The Morgan fingerprint density at radius 2 is 2.25 bits per heavy atom. The van der Waals surface area contributed by atoms with Crippen LogP contribution < -0.4 is 10.6 Å². The van der Waals surface area contributed by atoms with Gasteiger partial charge in [-0.1, -0.05) is 6.92 Å². The summed E-state index contributed by atoms with van der Waals surface area (Å²) < 4.78 is 0. The van der Waals surface area contributed by atoms with Crippen LogP contribution in [0.1, 0.15) is 33.1 Å². The molecule has 5 nitrogen and oxygen atoms in total. The third-order valence-corrected chi connectivity index (χ3v) is 3.33. The topological polar surface area (TPSA) is 78.4 Å². The maximum absolute atomic E-state index is 11.7. The summed E-state index contributed by atoms with van der Waals surface area (Å²) in [6.45, 7) is 4.52. The van der Waals surface area contributed by atoms with Crippen LogP contribution in [0, 0.1) is 5.41 Å². The lowest BCUT2D eigenvalue weighted by Crippen LogP contribution is -2.46. The molecular formula is C11H20N2O3. The molecule has 1 aliphatic heterocycles. The Morgan fingerprint density at radius 1 is 1.56 bits per heavy atom. The SMILES string of the molecule is CCC(C)(CNC(=O)C1CCCN1)C(=O)O. The predicted octanol–water partition coefficient (Wildman–Crippen LogP) is 0.356. The van der Waals surface area contributed by atoms with Crippen LogP contribution in [-0.4, -0.2) is 36.1 Å². The Kier molecular flexibility index (Phi) is 4.29. The van der Waals surface area contributed by atoms with E-state index in [1.54, 1.807) is 6.92 Å². The van der Waals surface area contributed by atoms with Crippen molar-refractivity contribution in [2.24, 2.45) is 5.41 Å². The first-order valence-electron chi connectivity index (χ1n) is 5.74. The highest BCUT2D eigenvalue weighted by Crippen LogP contribution is 2.20. The summed E-state index contributed by atoms with van der Waals surface area (Å²) in [7, 11) is 0. The van der Waals surface area contributed by atoms with Crippen molar-refractivity contribution in [3.8, 4) is 0 Å². The second-order valence-electron chi connectivity index (χ2n) is 4.59. The molecule has 1 saturated heterocycles. The van der Waals surface area contributed by atoms with Crippen molar-refractivity contribution in [3.63, 3.8) is 0 Å². The normalized spacial score (nSPS) is 23.8. The predicted molar refractivity (Wildman–Crippen MR) is 60.1 cm³/mol. The molecule has 2 unspecified atom stereocenters. The molecule has 3 N–H and O–H groups in total. The summed E-state index contributed by atoms with van der Waals surface area (Å²) in [5, 5.41) is 14.8. The summed E-state index contributed by atoms with van der Waals surface area (Å²) in [5.41, 5.74) is -0.867. The van der Waals surface area contributed by atoms with Gasteiger partial charge in [-0.25, -0.2) is 0 Å². The van der Waals surface area contributed by atoms with E-state index in [9.17, 15) is 9.59 Å². The van der Waals surface area contributed by atoms with Crippen LogP contribution in [0.3, 0.4) is 0 Å². The molecule has 0 aromatic heterocycles. The molecule has 2 atom stereocenters. The van der Waals surface area contributed by atoms with E-state index in [1.165, 1.54) is 0 Å². The zero-order chi connectivity index (χ0) is 12.2. The molecule has 0 aliphatic carbocycles. The Labute approximate surface area is 95.6 Å². The Morgan fingerprint density at radius 3 is 2.69 bits per heavy atom. The van der Waals surface area contributed by atoms with Gasteiger partial charge in [0, 0.05) is 6.54 Å². The number of rotatable bonds is 5. The number of nitrogens with one attached hydrogen (secondary N) is 2. The average Bonchev–Trinajstić information content (AvgIpc) is 2.78. The van der Waals surface area contributed by atoms with Crippen LogP contribution in [0.2, 0.25) is 0 Å². The quantitative estimate of drug-likeness (QED) is 0.634. The zero-order valence-electron chi connectivity index (χ0n) is 9.88. The largest absolute Gasteiger partial charge is 0.481 e. The summed E-state index contributed by atoms with van der Waals surface area (Å²) >= 11 is 0. The Bertz CT molecular complexity index is 274. The average molecular weight is 228 g/mol. The minimum atomic E-state index is -0.867. The Balaban J connectivity index is 2.43. The van der Waals surface area contributed by atoms with E-state index in [0.29, 0.717) is 6.42 Å². The van der Waals surface area contributed by atoms with E-state index in [0.717, 1.165) is 19.4 Å². The molecule has 92 valence electrons. The van der Waals surface area contributed by atoms with Crippen LogP contribution in [0.5, 0.6) is 0 Å². The van der Waals surface area contributed by atoms with Crippen LogP contribution in [0.15, 0.2) is 0 Å². The number of amides is 1. The van der Waals surface area contributed by atoms with Crippen molar-refractivity contribution < 1.29 is 14.7 Å². The second kappa shape index (κ2) is 5.30. The maximum Gasteiger partial charge on any atom is 0.311 e. The smallest absolute Gasteiger partial charge is 0.311 e. The molecule has 0 aromatic carbocycles. The number of carbonyl (C=O) groups excluding carboxylic acids is 1.